The van der Waals surface area contributed by atoms with Gasteiger partial charge in [0, 0.05) is 12.8 Å². The van der Waals surface area contributed by atoms with Crippen LogP contribution in [0.25, 0.3) is 0 Å². The first kappa shape index (κ1) is 12.9. The monoisotopic (exact) mass is 224 g/mol. The Morgan fingerprint density at radius 1 is 1.15 bits per heavy atom. The van der Waals surface area contributed by atoms with Crippen molar-refractivity contribution in [3.63, 3.8) is 0 Å². The molecule has 0 heterocycles. The summed E-state index contributed by atoms with van der Waals surface area (Å²) in [7, 11) is 0. The highest BCUT2D eigenvalue weighted by atomic mass is 35.5. The van der Waals surface area contributed by atoms with Crippen LogP contribution < -0.4 is 0 Å². The van der Waals surface area contributed by atoms with E-state index in [2.05, 4.69) is 6.92 Å². The van der Waals surface area contributed by atoms with Gasteiger partial charge in [-0.1, -0.05) is 19.8 Å². The molecule has 4 heteroatoms. The first-order chi connectivity index (χ1) is 6.06. The average molecular weight is 225 g/mol. The summed E-state index contributed by atoms with van der Waals surface area (Å²) in [5.41, 5.74) is 0. The summed E-state index contributed by atoms with van der Waals surface area (Å²) >= 11 is 10.5. The van der Waals surface area contributed by atoms with E-state index in [-0.39, 0.29) is 29.2 Å². The zero-order chi connectivity index (χ0) is 10.3. The van der Waals surface area contributed by atoms with Gasteiger partial charge in [-0.15, -0.1) is 0 Å². The fourth-order valence-electron chi connectivity index (χ4n) is 1.22. The van der Waals surface area contributed by atoms with Gasteiger partial charge in [-0.25, -0.2) is 0 Å². The minimum Gasteiger partial charge on any atom is -0.281 e. The van der Waals surface area contributed by atoms with Gasteiger partial charge in [-0.05, 0) is 35.5 Å². The predicted molar refractivity (Wildman–Crippen MR) is 54.0 cm³/mol. The van der Waals surface area contributed by atoms with E-state index in [0.29, 0.717) is 0 Å². The van der Waals surface area contributed by atoms with Crippen molar-refractivity contribution in [1.29, 1.82) is 0 Å². The zero-order valence-corrected chi connectivity index (χ0v) is 9.20. The molecule has 0 N–H and O–H groups in total. The molecule has 0 aromatic carbocycles. The molecule has 0 saturated heterocycles. The van der Waals surface area contributed by atoms with Crippen molar-refractivity contribution in [2.45, 2.75) is 39.0 Å². The Bertz CT molecular complexity index is 164. The second-order valence-corrected chi connectivity index (χ2v) is 3.97. The van der Waals surface area contributed by atoms with Crippen molar-refractivity contribution in [1.82, 2.24) is 0 Å². The molecule has 0 aliphatic carbocycles. The van der Waals surface area contributed by atoms with Gasteiger partial charge >= 0.3 is 0 Å². The molecule has 0 aliphatic rings. The minimum absolute atomic E-state index is 0.0231. The molecule has 0 fully saturated rings. The van der Waals surface area contributed by atoms with Gasteiger partial charge in [-0.2, -0.15) is 0 Å². The van der Waals surface area contributed by atoms with Gasteiger partial charge < -0.3 is 0 Å². The Balaban J connectivity index is 3.87. The summed E-state index contributed by atoms with van der Waals surface area (Å²) in [6.07, 6.45) is 3.38. The highest BCUT2D eigenvalue weighted by molar-refractivity contribution is 6.64. The van der Waals surface area contributed by atoms with Crippen LogP contribution in [0.4, 0.5) is 0 Å². The topological polar surface area (TPSA) is 34.1 Å². The van der Waals surface area contributed by atoms with Crippen LogP contribution in [0.2, 0.25) is 0 Å². The van der Waals surface area contributed by atoms with Crippen LogP contribution in [0.5, 0.6) is 0 Å². The van der Waals surface area contributed by atoms with Gasteiger partial charge in [0.15, 0.2) is 0 Å². The van der Waals surface area contributed by atoms with Crippen LogP contribution in [-0.2, 0) is 9.59 Å². The van der Waals surface area contributed by atoms with Crippen LogP contribution in [0.1, 0.15) is 39.0 Å². The third-order valence-electron chi connectivity index (χ3n) is 1.86. The molecule has 0 radical (unpaired) electrons. The number of hydrogen-bond acceptors (Lipinski definition) is 2. The Morgan fingerprint density at radius 2 is 1.62 bits per heavy atom. The molecule has 0 aromatic heterocycles. The van der Waals surface area contributed by atoms with Crippen molar-refractivity contribution >= 4 is 33.7 Å². The fraction of sp³-hybridized carbons (Fsp3) is 0.778. The molecule has 0 spiro atoms. The van der Waals surface area contributed by atoms with Gasteiger partial charge in [0.1, 0.15) is 0 Å². The molecule has 0 saturated carbocycles. The van der Waals surface area contributed by atoms with Crippen LogP contribution in [0.3, 0.4) is 0 Å². The largest absolute Gasteiger partial charge is 0.281 e. The van der Waals surface area contributed by atoms with Crippen molar-refractivity contribution in [2.24, 2.45) is 5.92 Å². The Hall–Kier alpha value is -0.0800. The summed E-state index contributed by atoms with van der Waals surface area (Å²) in [5.74, 6) is 0.0231. The van der Waals surface area contributed by atoms with E-state index < -0.39 is 0 Å². The van der Waals surface area contributed by atoms with E-state index in [1.165, 1.54) is 0 Å². The van der Waals surface area contributed by atoms with Crippen molar-refractivity contribution in [3.8, 4) is 0 Å². The predicted octanol–water partition coefficient (Wildman–Crippen LogP) is 3.10. The molecule has 0 unspecified atom stereocenters. The van der Waals surface area contributed by atoms with Gasteiger partial charge in [-0.3, -0.25) is 9.59 Å². The van der Waals surface area contributed by atoms with E-state index >= 15 is 0 Å². The molecular weight excluding hydrogens is 211 g/mol. The van der Waals surface area contributed by atoms with E-state index in [0.717, 1.165) is 19.3 Å². The second-order valence-electron chi connectivity index (χ2n) is 3.13. The lowest BCUT2D eigenvalue weighted by atomic mass is 9.96. The van der Waals surface area contributed by atoms with Gasteiger partial charge in [0.25, 0.3) is 0 Å². The van der Waals surface area contributed by atoms with E-state index in [9.17, 15) is 9.59 Å². The highest BCUT2D eigenvalue weighted by Crippen LogP contribution is 2.19. The Kier molecular flexibility index (Phi) is 7.29. The molecule has 0 rings (SSSR count). The van der Waals surface area contributed by atoms with Crippen LogP contribution in [0.15, 0.2) is 0 Å². The lowest BCUT2D eigenvalue weighted by Crippen LogP contribution is -2.08. The summed E-state index contributed by atoms with van der Waals surface area (Å²) < 4.78 is 0. The maximum absolute atomic E-state index is 10.6. The smallest absolute Gasteiger partial charge is 0.221 e. The van der Waals surface area contributed by atoms with Crippen LogP contribution >= 0.6 is 23.2 Å². The molecule has 0 atom stereocenters. The minimum atomic E-state index is -0.390. The third-order valence-corrected chi connectivity index (χ3v) is 2.17. The molecule has 0 amide bonds. The van der Waals surface area contributed by atoms with E-state index in [4.69, 9.17) is 23.2 Å². The van der Waals surface area contributed by atoms with Crippen LogP contribution in [-0.4, -0.2) is 10.5 Å². The first-order valence-electron chi connectivity index (χ1n) is 4.43. The van der Waals surface area contributed by atoms with Crippen molar-refractivity contribution in [2.75, 3.05) is 0 Å². The fourth-order valence-corrected chi connectivity index (χ4v) is 1.66. The molecule has 76 valence electrons. The van der Waals surface area contributed by atoms with E-state index in [1.807, 2.05) is 0 Å². The summed E-state index contributed by atoms with van der Waals surface area (Å²) in [6.45, 7) is 2.06. The number of hydrogen-bond donors (Lipinski definition) is 0. The summed E-state index contributed by atoms with van der Waals surface area (Å²) in [5, 5.41) is -0.780. The number of rotatable bonds is 7. The number of unbranched alkanes of at least 4 members (excludes halogenated alkanes) is 1. The summed E-state index contributed by atoms with van der Waals surface area (Å²) in [4.78, 5) is 21.2. The quantitative estimate of drug-likeness (QED) is 0.624. The molecule has 0 aromatic rings. The number of halogens is 2. The van der Waals surface area contributed by atoms with Gasteiger partial charge in [0.2, 0.25) is 10.5 Å². The Morgan fingerprint density at radius 3 is 1.92 bits per heavy atom. The van der Waals surface area contributed by atoms with Crippen molar-refractivity contribution in [3.05, 3.63) is 0 Å². The van der Waals surface area contributed by atoms with Crippen LogP contribution in [0, 0.1) is 5.92 Å². The number of carbonyl (C=O) groups is 2. The first-order valence-corrected chi connectivity index (χ1v) is 5.18. The maximum Gasteiger partial charge on any atom is 0.221 e. The zero-order valence-electron chi connectivity index (χ0n) is 7.69. The standard InChI is InChI=1S/C9H14Cl2O2/c1-2-3-4-7(5-8(10)12)6-9(11)13/h7H,2-6H2,1H3. The number of carbonyl (C=O) groups excluding carboxylic acids is 2. The molecule has 0 aliphatic heterocycles. The Labute approximate surface area is 88.6 Å². The average Bonchev–Trinajstić information content (AvgIpc) is 1.98. The maximum atomic E-state index is 10.6. The lowest BCUT2D eigenvalue weighted by molar-refractivity contribution is -0.114. The van der Waals surface area contributed by atoms with E-state index in [1.54, 1.807) is 0 Å². The van der Waals surface area contributed by atoms with Gasteiger partial charge in [0.05, 0.1) is 0 Å². The van der Waals surface area contributed by atoms with Crippen molar-refractivity contribution < 1.29 is 9.59 Å². The molecule has 0 bridgehead atoms. The molecular formula is C9H14Cl2O2. The second kappa shape index (κ2) is 7.34. The highest BCUT2D eigenvalue weighted by Gasteiger charge is 2.14. The third kappa shape index (κ3) is 8.26. The normalized spacial score (nSPS) is 10.5. The summed E-state index contributed by atoms with van der Waals surface area (Å²) in [6, 6.07) is 0. The molecule has 2 nitrogen and oxygen atoms in total. The lowest BCUT2D eigenvalue weighted by Gasteiger charge is -2.10. The molecule has 13 heavy (non-hydrogen) atoms. The SMILES string of the molecule is CCCCC(CC(=O)Cl)CC(=O)Cl.